The topological polar surface area (TPSA) is 210 Å². The highest BCUT2D eigenvalue weighted by Gasteiger charge is 2.67. The van der Waals surface area contributed by atoms with E-state index in [2.05, 4.69) is 20.7 Å². The van der Waals surface area contributed by atoms with E-state index in [-0.39, 0.29) is 53.9 Å². The van der Waals surface area contributed by atoms with Gasteiger partial charge < -0.3 is 25.4 Å². The fourth-order valence-corrected chi connectivity index (χ4v) is 7.69. The van der Waals surface area contributed by atoms with Gasteiger partial charge in [0.2, 0.25) is 11.8 Å². The van der Waals surface area contributed by atoms with Crippen molar-refractivity contribution in [2.45, 2.75) is 43.8 Å². The van der Waals surface area contributed by atoms with Crippen LogP contribution in [0.4, 0.5) is 13.6 Å². The highest BCUT2D eigenvalue weighted by Crippen LogP contribution is 2.59. The van der Waals surface area contributed by atoms with Crippen LogP contribution in [0.5, 0.6) is 0 Å². The molecule has 17 heteroatoms. The maximum atomic E-state index is 15.0. The number of likely N-dealkylation sites (tertiary alicyclic amines) is 1. The molecule has 14 nitrogen and oxygen atoms in total. The molecule has 4 atom stereocenters. The average Bonchev–Trinajstić information content (AvgIpc) is 3.37. The molecule has 3 aromatic rings. The lowest BCUT2D eigenvalue weighted by Crippen LogP contribution is -2.51. The van der Waals surface area contributed by atoms with Gasteiger partial charge in [-0.15, -0.1) is 11.3 Å². The summed E-state index contributed by atoms with van der Waals surface area (Å²) in [6.07, 6.45) is -0.513. The van der Waals surface area contributed by atoms with E-state index in [1.807, 2.05) is 5.32 Å². The Morgan fingerprint density at radius 3 is 2.66 bits per heavy atom. The summed E-state index contributed by atoms with van der Waals surface area (Å²) < 4.78 is 35.7. The number of rotatable bonds is 12. The number of hydrogen-bond acceptors (Lipinski definition) is 8. The Hall–Kier alpha value is -5.38. The molecule has 2 aromatic carbocycles. The number of carbonyl (C=O) groups excluding carboxylic acids is 3. The molecule has 6 rings (SSSR count). The molecular weight excluding hydrogens is 674 g/mol. The van der Waals surface area contributed by atoms with Crippen LogP contribution in [0.15, 0.2) is 59.0 Å². The lowest BCUT2D eigenvalue weighted by atomic mass is 10.00. The highest BCUT2D eigenvalue weighted by molar-refractivity contribution is 7.10. The summed E-state index contributed by atoms with van der Waals surface area (Å²) in [5.41, 5.74) is 8.69. The predicted molar refractivity (Wildman–Crippen MR) is 177 cm³/mol. The number of carboxylic acid groups (broad SMARTS) is 1. The highest BCUT2D eigenvalue weighted by atomic mass is 32.1. The molecule has 5 N–H and O–H groups in total. The second kappa shape index (κ2) is 13.5. The number of ether oxygens (including phenoxy) is 1. The molecule has 0 bridgehead atoms. The van der Waals surface area contributed by atoms with Gasteiger partial charge in [0.05, 0.1) is 25.8 Å². The summed E-state index contributed by atoms with van der Waals surface area (Å²) in [7, 11) is 0. The van der Waals surface area contributed by atoms with E-state index in [9.17, 15) is 19.2 Å². The van der Waals surface area contributed by atoms with E-state index in [4.69, 9.17) is 20.8 Å². The van der Waals surface area contributed by atoms with Gasteiger partial charge in [0.25, 0.3) is 11.8 Å². The van der Waals surface area contributed by atoms with E-state index in [0.29, 0.717) is 28.8 Å². The molecule has 1 saturated carbocycles. The number of amides is 4. The minimum Gasteiger partial charge on any atom is -0.465 e. The summed E-state index contributed by atoms with van der Waals surface area (Å²) in [5, 5.41) is 29.3. The number of alkyl halides is 2. The van der Waals surface area contributed by atoms with Crippen molar-refractivity contribution in [3.8, 4) is 11.1 Å². The summed E-state index contributed by atoms with van der Waals surface area (Å²) in [6, 6.07) is 9.81. The van der Waals surface area contributed by atoms with Crippen molar-refractivity contribution in [2.75, 3.05) is 26.3 Å². The summed E-state index contributed by atoms with van der Waals surface area (Å²) in [4.78, 5) is 56.3. The molecular formula is C33H32F2N8O6S. The van der Waals surface area contributed by atoms with E-state index in [1.165, 1.54) is 46.6 Å². The first-order valence-electron chi connectivity index (χ1n) is 15.6. The van der Waals surface area contributed by atoms with Crippen molar-refractivity contribution in [2.24, 2.45) is 10.5 Å². The molecule has 2 heterocycles. The molecule has 50 heavy (non-hydrogen) atoms. The number of hydrogen-bond donors (Lipinski definition) is 5. The van der Waals surface area contributed by atoms with Crippen LogP contribution in [0, 0.1) is 10.8 Å². The number of amidine groups is 1. The second-order valence-electron chi connectivity index (χ2n) is 12.4. The van der Waals surface area contributed by atoms with Crippen molar-refractivity contribution in [1.82, 2.24) is 20.9 Å². The second-order valence-corrected chi connectivity index (χ2v) is 13.4. The first-order valence-corrected chi connectivity index (χ1v) is 16.5. The van der Waals surface area contributed by atoms with Crippen LogP contribution >= 0.6 is 11.3 Å². The number of nitrogens with one attached hydrogen (secondary N) is 4. The SMILES string of the molecule is C[C@@H](NC(=O)[C@@H]1C[C@]2(COCCN=[N+]=[N-])C[C@@H]2N1C(=O)CNC(=O)c1ccc2c(c1)-c1ccccc1C2(F)F)c1cc(C(=N)NC(=O)O)cs1. The lowest BCUT2D eigenvalue weighted by molar-refractivity contribution is -0.139. The number of fused-ring (bicyclic) bond motifs is 4. The molecule has 2 fully saturated rings. The van der Waals surface area contributed by atoms with Crippen LogP contribution in [-0.2, 0) is 20.2 Å². The average molecular weight is 707 g/mol. The Balaban J connectivity index is 1.14. The lowest BCUT2D eigenvalue weighted by Gasteiger charge is -2.28. The third-order valence-electron chi connectivity index (χ3n) is 9.30. The quantitative estimate of drug-likeness (QED) is 0.0448. The van der Waals surface area contributed by atoms with Gasteiger partial charge in [-0.25, -0.2) is 4.79 Å². The molecule has 2 aliphatic carbocycles. The van der Waals surface area contributed by atoms with Gasteiger partial charge in [-0.05, 0) is 54.6 Å². The molecule has 1 saturated heterocycles. The Labute approximate surface area is 287 Å². The Kier molecular flexibility index (Phi) is 9.31. The maximum absolute atomic E-state index is 15.0. The first-order chi connectivity index (χ1) is 23.9. The van der Waals surface area contributed by atoms with Crippen molar-refractivity contribution in [3.05, 3.63) is 91.5 Å². The number of halogens is 2. The maximum Gasteiger partial charge on any atom is 0.410 e. The van der Waals surface area contributed by atoms with Crippen molar-refractivity contribution in [3.63, 3.8) is 0 Å². The normalized spacial score (nSPS) is 21.1. The number of thiophene rings is 1. The zero-order chi connectivity index (χ0) is 35.8. The van der Waals surface area contributed by atoms with Gasteiger partial charge in [0.15, 0.2) is 0 Å². The van der Waals surface area contributed by atoms with Crippen LogP contribution in [0.25, 0.3) is 21.6 Å². The van der Waals surface area contributed by atoms with Crippen LogP contribution in [0.1, 0.15) is 57.7 Å². The van der Waals surface area contributed by atoms with Crippen molar-refractivity contribution in [1.29, 1.82) is 5.41 Å². The van der Waals surface area contributed by atoms with E-state index < -0.39 is 53.8 Å². The van der Waals surface area contributed by atoms with Crippen LogP contribution < -0.4 is 16.0 Å². The Bertz CT molecular complexity index is 1950. The van der Waals surface area contributed by atoms with Gasteiger partial charge in [0, 0.05) is 55.4 Å². The predicted octanol–water partition coefficient (Wildman–Crippen LogP) is 4.76. The first kappa shape index (κ1) is 34.5. The molecule has 3 aliphatic rings. The minimum atomic E-state index is -3.20. The number of piperidine rings is 1. The van der Waals surface area contributed by atoms with Gasteiger partial charge in [-0.3, -0.25) is 25.1 Å². The fraction of sp³-hybridized carbons (Fsp3) is 0.364. The third kappa shape index (κ3) is 6.49. The summed E-state index contributed by atoms with van der Waals surface area (Å²) >= 11 is 1.23. The van der Waals surface area contributed by atoms with Gasteiger partial charge in [0.1, 0.15) is 11.9 Å². The number of benzene rings is 2. The van der Waals surface area contributed by atoms with Crippen molar-refractivity contribution < 1.29 is 37.8 Å². The van der Waals surface area contributed by atoms with E-state index in [0.717, 1.165) is 0 Å². The van der Waals surface area contributed by atoms with Crippen LogP contribution in [0.2, 0.25) is 0 Å². The summed E-state index contributed by atoms with van der Waals surface area (Å²) in [6.45, 7) is 1.80. The minimum absolute atomic E-state index is 0.102. The van der Waals surface area contributed by atoms with Crippen LogP contribution in [0.3, 0.4) is 0 Å². The van der Waals surface area contributed by atoms with Gasteiger partial charge >= 0.3 is 6.09 Å². The zero-order valence-corrected chi connectivity index (χ0v) is 27.4. The monoisotopic (exact) mass is 706 g/mol. The number of carbonyl (C=O) groups is 4. The molecule has 1 aromatic heterocycles. The van der Waals surface area contributed by atoms with Gasteiger partial charge in [-0.1, -0.05) is 35.4 Å². The van der Waals surface area contributed by atoms with Gasteiger partial charge in [-0.2, -0.15) is 8.78 Å². The van der Waals surface area contributed by atoms with E-state index in [1.54, 1.807) is 30.5 Å². The van der Waals surface area contributed by atoms with Crippen LogP contribution in [-0.4, -0.2) is 78.0 Å². The molecule has 0 unspecified atom stereocenters. The standard InChI is InChI=1S/C33H32F2N8O6S/c1-17(25-11-19(15-50-25)28(36)41-31(47)48)40-30(46)24-12-32(16-49-9-8-39-42-37)13-26(32)43(24)27(44)14-38-29(45)18-6-7-23-21(10-18)20-4-2-3-5-22(20)33(23,34)35/h2-7,10-11,15,17,24,26H,8-9,12-14,16H2,1H3,(H2,36,41)(H,38,45)(H,40,46)(H,47,48)/t17-,24+,26+,32-/m1/s1. The Morgan fingerprint density at radius 2 is 1.90 bits per heavy atom. The number of azide groups is 1. The van der Waals surface area contributed by atoms with Crippen molar-refractivity contribution >= 4 is 41.0 Å². The molecule has 1 aliphatic heterocycles. The van der Waals surface area contributed by atoms with E-state index >= 15 is 8.78 Å². The largest absolute Gasteiger partial charge is 0.465 e. The smallest absolute Gasteiger partial charge is 0.410 e. The molecule has 0 radical (unpaired) electrons. The molecule has 260 valence electrons. The fourth-order valence-electron chi connectivity index (χ4n) is 6.78. The Morgan fingerprint density at radius 1 is 1.14 bits per heavy atom. The number of nitrogens with zero attached hydrogens (tertiary/aromatic N) is 4. The zero-order valence-electron chi connectivity index (χ0n) is 26.6. The third-order valence-corrected chi connectivity index (χ3v) is 10.4. The summed E-state index contributed by atoms with van der Waals surface area (Å²) in [5.74, 6) is -5.09. The molecule has 0 spiro atoms. The molecule has 4 amide bonds.